The summed E-state index contributed by atoms with van der Waals surface area (Å²) in [6.45, 7) is 0. The van der Waals surface area contributed by atoms with Crippen LogP contribution < -0.4 is 0 Å². The molecular formula is C42H27N3. The molecule has 0 radical (unpaired) electrons. The number of rotatable bonds is 4. The molecule has 0 atom stereocenters. The van der Waals surface area contributed by atoms with E-state index < -0.39 is 0 Å². The summed E-state index contributed by atoms with van der Waals surface area (Å²) >= 11 is 0. The first kappa shape index (κ1) is 25.6. The van der Waals surface area contributed by atoms with Crippen LogP contribution in [-0.2, 0) is 6.42 Å². The molecule has 0 aliphatic heterocycles. The molecule has 9 rings (SSSR count). The van der Waals surface area contributed by atoms with Gasteiger partial charge in [0.25, 0.3) is 0 Å². The zero-order valence-corrected chi connectivity index (χ0v) is 24.5. The van der Waals surface area contributed by atoms with E-state index in [4.69, 9.17) is 15.0 Å². The molecule has 0 saturated carbocycles. The van der Waals surface area contributed by atoms with Gasteiger partial charge in [-0.05, 0) is 73.5 Å². The number of benzene rings is 7. The fourth-order valence-corrected chi connectivity index (χ4v) is 6.71. The van der Waals surface area contributed by atoms with Gasteiger partial charge in [-0.2, -0.15) is 0 Å². The molecule has 210 valence electrons. The van der Waals surface area contributed by atoms with Gasteiger partial charge in [-0.1, -0.05) is 140 Å². The summed E-state index contributed by atoms with van der Waals surface area (Å²) in [4.78, 5) is 15.4. The first-order valence-corrected chi connectivity index (χ1v) is 15.3. The Morgan fingerprint density at radius 2 is 0.978 bits per heavy atom. The second-order valence-electron chi connectivity index (χ2n) is 11.6. The van der Waals surface area contributed by atoms with Gasteiger partial charge >= 0.3 is 0 Å². The molecule has 0 fully saturated rings. The summed E-state index contributed by atoms with van der Waals surface area (Å²) in [5.41, 5.74) is 10.5. The Morgan fingerprint density at radius 1 is 0.378 bits per heavy atom. The fraction of sp³-hybridized carbons (Fsp3) is 0.0238. The lowest BCUT2D eigenvalue weighted by Crippen LogP contribution is -2.02. The maximum atomic E-state index is 5.21. The van der Waals surface area contributed by atoms with E-state index in [2.05, 4.69) is 133 Å². The summed E-state index contributed by atoms with van der Waals surface area (Å²) in [7, 11) is 0. The van der Waals surface area contributed by atoms with Gasteiger partial charge in [0.1, 0.15) is 0 Å². The van der Waals surface area contributed by atoms with Crippen LogP contribution in [-0.4, -0.2) is 15.0 Å². The molecule has 1 aliphatic carbocycles. The van der Waals surface area contributed by atoms with Crippen LogP contribution in [0.2, 0.25) is 0 Å². The Balaban J connectivity index is 1.22. The van der Waals surface area contributed by atoms with Crippen molar-refractivity contribution in [2.45, 2.75) is 6.42 Å². The number of hydrogen-bond donors (Lipinski definition) is 0. The Hall–Kier alpha value is -5.93. The highest BCUT2D eigenvalue weighted by Crippen LogP contribution is 2.45. The van der Waals surface area contributed by atoms with Gasteiger partial charge in [-0.15, -0.1) is 0 Å². The quantitative estimate of drug-likeness (QED) is 0.210. The van der Waals surface area contributed by atoms with Crippen LogP contribution in [0.1, 0.15) is 11.1 Å². The Kier molecular flexibility index (Phi) is 5.88. The van der Waals surface area contributed by atoms with Crippen LogP contribution in [0.3, 0.4) is 0 Å². The van der Waals surface area contributed by atoms with Crippen molar-refractivity contribution in [3.05, 3.63) is 163 Å². The summed E-state index contributed by atoms with van der Waals surface area (Å²) < 4.78 is 0. The Labute approximate surface area is 261 Å². The van der Waals surface area contributed by atoms with Crippen molar-refractivity contribution in [2.75, 3.05) is 0 Å². The zero-order chi connectivity index (χ0) is 29.7. The molecule has 0 bridgehead atoms. The minimum absolute atomic E-state index is 0.668. The van der Waals surface area contributed by atoms with Crippen LogP contribution in [0, 0.1) is 0 Å². The van der Waals surface area contributed by atoms with E-state index in [1.165, 1.54) is 44.0 Å². The van der Waals surface area contributed by atoms with E-state index in [1.54, 1.807) is 0 Å². The predicted molar refractivity (Wildman–Crippen MR) is 185 cm³/mol. The zero-order valence-electron chi connectivity index (χ0n) is 24.5. The van der Waals surface area contributed by atoms with Crippen molar-refractivity contribution in [2.24, 2.45) is 0 Å². The van der Waals surface area contributed by atoms with Gasteiger partial charge in [-0.3, -0.25) is 0 Å². The molecule has 0 unspecified atom stereocenters. The van der Waals surface area contributed by atoms with E-state index in [9.17, 15) is 0 Å². The van der Waals surface area contributed by atoms with Crippen LogP contribution in [0.15, 0.2) is 152 Å². The highest BCUT2D eigenvalue weighted by atomic mass is 15.0. The topological polar surface area (TPSA) is 38.7 Å². The van der Waals surface area contributed by atoms with Gasteiger partial charge in [0.05, 0.1) is 0 Å². The highest BCUT2D eigenvalue weighted by molar-refractivity contribution is 6.03. The fourth-order valence-electron chi connectivity index (χ4n) is 6.71. The van der Waals surface area contributed by atoms with Crippen LogP contribution in [0.4, 0.5) is 0 Å². The number of fused-ring (bicyclic) bond motifs is 5. The molecule has 3 heteroatoms. The lowest BCUT2D eigenvalue weighted by Gasteiger charge is -2.15. The van der Waals surface area contributed by atoms with Gasteiger partial charge in [0, 0.05) is 16.7 Å². The lowest BCUT2D eigenvalue weighted by molar-refractivity contribution is 1.07. The summed E-state index contributed by atoms with van der Waals surface area (Å²) in [5, 5.41) is 4.82. The van der Waals surface area contributed by atoms with Crippen molar-refractivity contribution < 1.29 is 0 Å². The molecule has 1 aromatic heterocycles. The van der Waals surface area contributed by atoms with Crippen LogP contribution >= 0.6 is 0 Å². The van der Waals surface area contributed by atoms with Gasteiger partial charge in [-0.25, -0.2) is 15.0 Å². The SMILES string of the molecule is c1ccc(-c2nc(-c3ccc(-c4ccc5ccccc5c4)cc3)nc(-c3c4c(cc5ccccc35)-c3ccccc3C4)n2)cc1. The molecule has 1 heterocycles. The monoisotopic (exact) mass is 573 g/mol. The third-order valence-corrected chi connectivity index (χ3v) is 8.95. The highest BCUT2D eigenvalue weighted by Gasteiger charge is 2.26. The largest absolute Gasteiger partial charge is 0.208 e. The van der Waals surface area contributed by atoms with Gasteiger partial charge in [0.15, 0.2) is 17.5 Å². The minimum atomic E-state index is 0.668. The lowest BCUT2D eigenvalue weighted by atomic mass is 9.93. The van der Waals surface area contributed by atoms with Crippen molar-refractivity contribution >= 4 is 21.5 Å². The van der Waals surface area contributed by atoms with Crippen LogP contribution in [0.5, 0.6) is 0 Å². The molecule has 7 aromatic carbocycles. The average Bonchev–Trinajstić information content (AvgIpc) is 3.48. The molecule has 0 spiro atoms. The summed E-state index contributed by atoms with van der Waals surface area (Å²) in [6.07, 6.45) is 0.855. The van der Waals surface area contributed by atoms with Gasteiger partial charge < -0.3 is 0 Å². The number of nitrogens with zero attached hydrogens (tertiary/aromatic N) is 3. The van der Waals surface area contributed by atoms with E-state index in [-0.39, 0.29) is 0 Å². The summed E-state index contributed by atoms with van der Waals surface area (Å²) in [5.74, 6) is 2.05. The molecule has 3 nitrogen and oxygen atoms in total. The molecule has 0 saturated heterocycles. The number of hydrogen-bond acceptors (Lipinski definition) is 3. The van der Waals surface area contributed by atoms with Crippen molar-refractivity contribution in [1.29, 1.82) is 0 Å². The minimum Gasteiger partial charge on any atom is -0.208 e. The standard InChI is InChI=1S/C42H27N3/c1-2-11-29(12-3-1)40-43-41(30-21-18-28(19-22-30)32-23-20-27-10-4-5-13-31(27)24-32)45-42(44-40)39-36-17-9-7-15-34(36)25-37-35-16-8-6-14-33(35)26-38(37)39/h1-25H,26H2. The number of aromatic nitrogens is 3. The second-order valence-corrected chi connectivity index (χ2v) is 11.6. The van der Waals surface area contributed by atoms with Crippen molar-refractivity contribution in [3.8, 4) is 56.4 Å². The average molecular weight is 574 g/mol. The van der Waals surface area contributed by atoms with Gasteiger partial charge in [0.2, 0.25) is 0 Å². The smallest absolute Gasteiger partial charge is 0.165 e. The molecule has 45 heavy (non-hydrogen) atoms. The van der Waals surface area contributed by atoms with E-state index in [0.717, 1.165) is 34.1 Å². The van der Waals surface area contributed by atoms with E-state index >= 15 is 0 Å². The van der Waals surface area contributed by atoms with Crippen molar-refractivity contribution in [1.82, 2.24) is 15.0 Å². The molecule has 0 N–H and O–H groups in total. The molecular weight excluding hydrogens is 546 g/mol. The maximum absolute atomic E-state index is 5.21. The second kappa shape index (κ2) is 10.4. The molecule has 1 aliphatic rings. The van der Waals surface area contributed by atoms with Crippen molar-refractivity contribution in [3.63, 3.8) is 0 Å². The predicted octanol–water partition coefficient (Wildman–Crippen LogP) is 10.4. The first-order valence-electron chi connectivity index (χ1n) is 15.3. The Bertz CT molecular complexity index is 2390. The third-order valence-electron chi connectivity index (χ3n) is 8.95. The molecule has 0 amide bonds. The third kappa shape index (κ3) is 4.40. The summed E-state index contributed by atoms with van der Waals surface area (Å²) in [6, 6.07) is 53.5. The van der Waals surface area contributed by atoms with E-state index in [1.807, 2.05) is 18.2 Å². The van der Waals surface area contributed by atoms with Crippen LogP contribution in [0.25, 0.3) is 78.0 Å². The normalized spacial score (nSPS) is 11.9. The molecule has 8 aromatic rings. The first-order chi connectivity index (χ1) is 22.3. The Morgan fingerprint density at radius 3 is 1.80 bits per heavy atom. The maximum Gasteiger partial charge on any atom is 0.165 e. The van der Waals surface area contributed by atoms with E-state index in [0.29, 0.717) is 17.5 Å².